The quantitative estimate of drug-likeness (QED) is 0.127. The van der Waals surface area contributed by atoms with Crippen molar-refractivity contribution in [3.63, 3.8) is 0 Å². The first-order valence-corrected chi connectivity index (χ1v) is 19.6. The van der Waals surface area contributed by atoms with Crippen LogP contribution in [0.25, 0.3) is 0 Å². The highest BCUT2D eigenvalue weighted by Gasteiger charge is 2.18. The number of hydrogen-bond donors (Lipinski definition) is 2. The van der Waals surface area contributed by atoms with Crippen LogP contribution in [0.4, 0.5) is 11.4 Å². The maximum absolute atomic E-state index is 13.3. The molecule has 0 unspecified atom stereocenters. The Morgan fingerprint density at radius 3 is 1.25 bits per heavy atom. The topological polar surface area (TPSA) is 96.2 Å². The number of benzene rings is 4. The third kappa shape index (κ3) is 9.07. The van der Waals surface area contributed by atoms with E-state index >= 15 is 0 Å². The second kappa shape index (κ2) is 15.3. The van der Waals surface area contributed by atoms with Gasteiger partial charge in [-0.15, -0.1) is 0 Å². The minimum Gasteiger partial charge on any atom is -0.278 e. The molecule has 51 heavy (non-hydrogen) atoms. The molecule has 0 saturated carbocycles. The zero-order valence-corrected chi connectivity index (χ0v) is 31.5. The highest BCUT2D eigenvalue weighted by molar-refractivity contribution is 7.93. The van der Waals surface area contributed by atoms with E-state index in [1.54, 1.807) is 60.7 Å². The van der Waals surface area contributed by atoms with Gasteiger partial charge in [0.2, 0.25) is 0 Å². The Morgan fingerprint density at radius 2 is 0.902 bits per heavy atom. The fourth-order valence-corrected chi connectivity index (χ4v) is 7.33. The summed E-state index contributed by atoms with van der Waals surface area (Å²) < 4.78 is 60.4. The predicted molar refractivity (Wildman–Crippen MR) is 205 cm³/mol. The molecule has 1 aromatic heterocycles. The van der Waals surface area contributed by atoms with E-state index in [0.717, 1.165) is 22.3 Å². The van der Waals surface area contributed by atoms with E-state index < -0.39 is 20.0 Å². The van der Waals surface area contributed by atoms with Crippen LogP contribution < -0.4 is 14.0 Å². The van der Waals surface area contributed by atoms with Gasteiger partial charge in [-0.3, -0.25) is 9.44 Å². The van der Waals surface area contributed by atoms with Crippen molar-refractivity contribution in [2.24, 2.45) is 7.05 Å². The highest BCUT2D eigenvalue weighted by atomic mass is 32.2. The van der Waals surface area contributed by atoms with E-state index in [0.29, 0.717) is 33.9 Å². The Hall–Kier alpha value is -5.35. The average Bonchev–Trinajstić information content (AvgIpc) is 3.08. The molecule has 0 radical (unpaired) electrons. The summed E-state index contributed by atoms with van der Waals surface area (Å²) in [6.45, 7) is 12.1. The lowest BCUT2D eigenvalue weighted by Gasteiger charge is -2.13. The standard InChI is InChI=1S/C42H41N3O4S2/c1-29(2)33-17-25-41(43-50(46,47)39-21-11-31(5)12-22-39)35(27-33)15-19-37-9-8-10-38(45(37)7)20-16-36-28-34(30(3)4)18-26-42(36)44-51(48,49)40-23-13-32(6)14-24-40/h8-14,17-18,21-30H,1-7H3,(H,43,44)/p+1. The molecule has 5 rings (SSSR count). The molecule has 7 nitrogen and oxygen atoms in total. The zero-order valence-electron chi connectivity index (χ0n) is 29.9. The Labute approximate surface area is 302 Å². The van der Waals surface area contributed by atoms with Crippen molar-refractivity contribution in [1.82, 2.24) is 0 Å². The van der Waals surface area contributed by atoms with E-state index in [9.17, 15) is 16.8 Å². The smallest absolute Gasteiger partial charge is 0.261 e. The fraction of sp³-hybridized carbons (Fsp3) is 0.214. The molecule has 5 aromatic rings. The summed E-state index contributed by atoms with van der Waals surface area (Å²) in [7, 11) is -5.83. The third-order valence-corrected chi connectivity index (χ3v) is 11.2. The summed E-state index contributed by atoms with van der Waals surface area (Å²) >= 11 is 0. The number of pyridine rings is 1. The van der Waals surface area contributed by atoms with Gasteiger partial charge in [-0.05, 0) is 91.4 Å². The Balaban J connectivity index is 1.50. The van der Waals surface area contributed by atoms with Crippen molar-refractivity contribution in [2.45, 2.75) is 63.2 Å². The summed E-state index contributed by atoms with van der Waals surface area (Å²) in [5, 5.41) is 0. The number of aryl methyl sites for hydroxylation is 2. The molecule has 0 aliphatic rings. The van der Waals surface area contributed by atoms with Gasteiger partial charge in [0.25, 0.3) is 31.4 Å². The molecular weight excluding hydrogens is 675 g/mol. The van der Waals surface area contributed by atoms with Crippen molar-refractivity contribution in [1.29, 1.82) is 0 Å². The van der Waals surface area contributed by atoms with Crippen LogP contribution in [0.5, 0.6) is 0 Å². The molecule has 0 bridgehead atoms. The van der Waals surface area contributed by atoms with E-state index in [4.69, 9.17) is 0 Å². The Bertz CT molecular complexity index is 2260. The van der Waals surface area contributed by atoms with Crippen LogP contribution in [0.15, 0.2) is 113 Å². The molecule has 0 fully saturated rings. The normalized spacial score (nSPS) is 11.4. The molecule has 1 heterocycles. The molecular formula is C42H42N3O4S2+. The average molecular weight is 717 g/mol. The van der Waals surface area contributed by atoms with Gasteiger partial charge in [0.1, 0.15) is 7.05 Å². The van der Waals surface area contributed by atoms with Gasteiger partial charge < -0.3 is 0 Å². The van der Waals surface area contributed by atoms with Crippen LogP contribution in [0.3, 0.4) is 0 Å². The van der Waals surface area contributed by atoms with Crippen LogP contribution >= 0.6 is 0 Å². The number of rotatable bonds is 8. The molecule has 0 saturated heterocycles. The molecule has 0 spiro atoms. The van der Waals surface area contributed by atoms with Gasteiger partial charge in [0.15, 0.2) is 0 Å². The maximum Gasteiger partial charge on any atom is 0.261 e. The molecule has 0 aliphatic heterocycles. The Morgan fingerprint density at radius 1 is 0.529 bits per heavy atom. The van der Waals surface area contributed by atoms with Gasteiger partial charge in [0, 0.05) is 35.1 Å². The highest BCUT2D eigenvalue weighted by Crippen LogP contribution is 2.26. The lowest BCUT2D eigenvalue weighted by molar-refractivity contribution is -0.676. The van der Waals surface area contributed by atoms with Crippen LogP contribution in [-0.4, -0.2) is 16.8 Å². The first-order valence-electron chi connectivity index (χ1n) is 16.6. The largest absolute Gasteiger partial charge is 0.278 e. The fourth-order valence-electron chi connectivity index (χ4n) is 5.17. The number of nitrogens with zero attached hydrogens (tertiary/aromatic N) is 1. The summed E-state index contributed by atoms with van der Waals surface area (Å²) in [5.41, 5.74) is 7.16. The monoisotopic (exact) mass is 716 g/mol. The summed E-state index contributed by atoms with van der Waals surface area (Å²) in [6, 6.07) is 30.1. The lowest BCUT2D eigenvalue weighted by Crippen LogP contribution is -2.36. The number of nitrogens with one attached hydrogen (secondary N) is 2. The molecule has 9 heteroatoms. The summed E-state index contributed by atoms with van der Waals surface area (Å²) in [6.07, 6.45) is 0. The summed E-state index contributed by atoms with van der Waals surface area (Å²) in [4.78, 5) is 0.338. The SMILES string of the molecule is Cc1ccc(S(=O)(=O)Nc2ccc(C(C)C)cc2C#Cc2cccc(C#Cc3cc(C(C)C)ccc3NS(=O)(=O)c3ccc(C)cc3)[n+]2C)cc1. The summed E-state index contributed by atoms with van der Waals surface area (Å²) in [5.74, 6) is 13.3. The molecule has 0 amide bonds. The van der Waals surface area contributed by atoms with Crippen molar-refractivity contribution in [3.05, 3.63) is 148 Å². The van der Waals surface area contributed by atoms with Crippen molar-refractivity contribution in [3.8, 4) is 23.7 Å². The number of sulfonamides is 2. The molecule has 260 valence electrons. The van der Waals surface area contributed by atoms with Gasteiger partial charge in [0.05, 0.1) is 21.2 Å². The van der Waals surface area contributed by atoms with E-state index in [-0.39, 0.29) is 21.6 Å². The molecule has 2 N–H and O–H groups in total. The van der Waals surface area contributed by atoms with E-state index in [2.05, 4.69) is 60.8 Å². The first kappa shape index (κ1) is 36.9. The molecule has 4 aromatic carbocycles. The lowest BCUT2D eigenvalue weighted by atomic mass is 10.00. The Kier molecular flexibility index (Phi) is 11.1. The van der Waals surface area contributed by atoms with E-state index in [1.165, 1.54) is 0 Å². The van der Waals surface area contributed by atoms with Crippen molar-refractivity contribution in [2.75, 3.05) is 9.44 Å². The van der Waals surface area contributed by atoms with Crippen LogP contribution in [0.2, 0.25) is 0 Å². The number of anilines is 2. The first-order chi connectivity index (χ1) is 24.1. The van der Waals surface area contributed by atoms with E-state index in [1.807, 2.05) is 67.9 Å². The minimum absolute atomic E-state index is 0.169. The second-order valence-electron chi connectivity index (χ2n) is 13.1. The maximum atomic E-state index is 13.3. The second-order valence-corrected chi connectivity index (χ2v) is 16.5. The minimum atomic E-state index is -3.84. The van der Waals surface area contributed by atoms with Gasteiger partial charge >= 0.3 is 0 Å². The van der Waals surface area contributed by atoms with Gasteiger partial charge in [-0.2, -0.15) is 4.57 Å². The third-order valence-electron chi connectivity index (χ3n) is 8.45. The molecule has 0 atom stereocenters. The van der Waals surface area contributed by atoms with Gasteiger partial charge in [-0.1, -0.05) is 87.1 Å². The van der Waals surface area contributed by atoms with Crippen molar-refractivity contribution >= 4 is 31.4 Å². The van der Waals surface area contributed by atoms with Gasteiger partial charge in [-0.25, -0.2) is 16.8 Å². The number of aromatic nitrogens is 1. The van der Waals surface area contributed by atoms with Crippen molar-refractivity contribution < 1.29 is 21.4 Å². The van der Waals surface area contributed by atoms with Crippen LogP contribution in [0.1, 0.15) is 84.3 Å². The predicted octanol–water partition coefficient (Wildman–Crippen LogP) is 7.78. The number of hydrogen-bond acceptors (Lipinski definition) is 4. The van der Waals surface area contributed by atoms with Crippen LogP contribution in [-0.2, 0) is 27.1 Å². The zero-order chi connectivity index (χ0) is 36.9. The molecule has 0 aliphatic carbocycles. The van der Waals surface area contributed by atoms with Crippen LogP contribution in [0, 0.1) is 37.5 Å².